The van der Waals surface area contributed by atoms with Gasteiger partial charge in [0.05, 0.1) is 16.8 Å². The molecule has 0 bridgehead atoms. The predicted molar refractivity (Wildman–Crippen MR) is 239 cm³/mol. The summed E-state index contributed by atoms with van der Waals surface area (Å²) in [5.74, 6) is 0. The highest BCUT2D eigenvalue weighted by atomic mass is 16.3. The molecule has 0 saturated carbocycles. The van der Waals surface area contributed by atoms with Crippen molar-refractivity contribution in [3.05, 3.63) is 200 Å². The van der Waals surface area contributed by atoms with Gasteiger partial charge in [0.15, 0.2) is 5.58 Å². The van der Waals surface area contributed by atoms with Crippen molar-refractivity contribution in [2.45, 2.75) is 0 Å². The summed E-state index contributed by atoms with van der Waals surface area (Å²) in [6.45, 7) is 0. The molecule has 0 aliphatic carbocycles. The normalized spacial score (nSPS) is 11.8. The summed E-state index contributed by atoms with van der Waals surface area (Å²) in [6.07, 6.45) is 0. The van der Waals surface area contributed by atoms with Gasteiger partial charge in [0.25, 0.3) is 0 Å². The van der Waals surface area contributed by atoms with E-state index in [-0.39, 0.29) is 0 Å². The molecular formula is C54H33NO3. The van der Waals surface area contributed by atoms with Crippen LogP contribution in [0.3, 0.4) is 0 Å². The first-order valence-electron chi connectivity index (χ1n) is 19.6. The highest BCUT2D eigenvalue weighted by Crippen LogP contribution is 2.50. The van der Waals surface area contributed by atoms with Gasteiger partial charge in [0.1, 0.15) is 27.9 Å². The van der Waals surface area contributed by atoms with Gasteiger partial charge >= 0.3 is 0 Å². The number of nitrogens with zero attached hydrogens (tertiary/aromatic N) is 1. The number of anilines is 3. The summed E-state index contributed by atoms with van der Waals surface area (Å²) in [6, 6.07) is 70.0. The molecule has 0 amide bonds. The molecule has 3 heterocycles. The van der Waals surface area contributed by atoms with Crippen LogP contribution in [0.4, 0.5) is 17.1 Å². The van der Waals surface area contributed by atoms with Gasteiger partial charge in [-0.1, -0.05) is 152 Å². The highest BCUT2D eigenvalue weighted by molar-refractivity contribution is 6.26. The lowest BCUT2D eigenvalue weighted by Gasteiger charge is -2.26. The van der Waals surface area contributed by atoms with E-state index in [2.05, 4.69) is 175 Å². The quantitative estimate of drug-likeness (QED) is 0.170. The third-order valence-corrected chi connectivity index (χ3v) is 11.5. The molecule has 0 radical (unpaired) electrons. The number of hydrogen-bond donors (Lipinski definition) is 0. The Balaban J connectivity index is 1.16. The van der Waals surface area contributed by atoms with E-state index in [0.29, 0.717) is 0 Å². The summed E-state index contributed by atoms with van der Waals surface area (Å²) in [4.78, 5) is 2.33. The maximum absolute atomic E-state index is 7.08. The second-order valence-electron chi connectivity index (χ2n) is 14.8. The monoisotopic (exact) mass is 743 g/mol. The van der Waals surface area contributed by atoms with Crippen LogP contribution in [0.25, 0.3) is 99.2 Å². The number of fused-ring (bicyclic) bond motifs is 9. The number of furan rings is 3. The SMILES string of the molecule is c1ccc(-c2ccc(-c3c4oc5cccc(N(c6cccc(-c7ccccc7)c6)c6cccc7c6oc6ccccc67)c5c4cc4oc5ccccc5c34)cc2)cc1. The molecule has 12 rings (SSSR count). The van der Waals surface area contributed by atoms with E-state index in [1.54, 1.807) is 0 Å². The fourth-order valence-corrected chi connectivity index (χ4v) is 8.84. The molecule has 4 nitrogen and oxygen atoms in total. The average molecular weight is 744 g/mol. The van der Waals surface area contributed by atoms with Crippen LogP contribution in [0.15, 0.2) is 213 Å². The topological polar surface area (TPSA) is 42.7 Å². The van der Waals surface area contributed by atoms with Crippen molar-refractivity contribution in [3.8, 4) is 33.4 Å². The van der Waals surface area contributed by atoms with Crippen molar-refractivity contribution in [2.75, 3.05) is 4.90 Å². The first-order valence-corrected chi connectivity index (χ1v) is 19.6. The second kappa shape index (κ2) is 12.9. The van der Waals surface area contributed by atoms with Crippen LogP contribution in [0.5, 0.6) is 0 Å². The Morgan fingerprint density at radius 2 is 0.845 bits per heavy atom. The van der Waals surface area contributed by atoms with Crippen LogP contribution in [-0.2, 0) is 0 Å². The van der Waals surface area contributed by atoms with Crippen LogP contribution < -0.4 is 4.90 Å². The van der Waals surface area contributed by atoms with Crippen molar-refractivity contribution >= 4 is 82.9 Å². The Morgan fingerprint density at radius 1 is 0.293 bits per heavy atom. The Bertz CT molecular complexity index is 3500. The van der Waals surface area contributed by atoms with Crippen LogP contribution in [0.1, 0.15) is 0 Å². The van der Waals surface area contributed by atoms with E-state index in [1.807, 2.05) is 30.3 Å². The minimum atomic E-state index is 0.785. The Hall–Kier alpha value is -7.82. The predicted octanol–water partition coefficient (Wildman–Crippen LogP) is 15.9. The van der Waals surface area contributed by atoms with Gasteiger partial charge in [-0.3, -0.25) is 0 Å². The van der Waals surface area contributed by atoms with E-state index in [9.17, 15) is 0 Å². The van der Waals surface area contributed by atoms with Crippen molar-refractivity contribution in [3.63, 3.8) is 0 Å². The van der Waals surface area contributed by atoms with Gasteiger partial charge in [-0.05, 0) is 76.3 Å². The molecule has 0 saturated heterocycles. The van der Waals surface area contributed by atoms with Gasteiger partial charge in [0.2, 0.25) is 0 Å². The zero-order valence-electron chi connectivity index (χ0n) is 31.2. The maximum atomic E-state index is 7.08. The molecule has 3 aromatic heterocycles. The van der Waals surface area contributed by atoms with Crippen LogP contribution in [-0.4, -0.2) is 0 Å². The van der Waals surface area contributed by atoms with Gasteiger partial charge in [-0.2, -0.15) is 0 Å². The van der Waals surface area contributed by atoms with E-state index in [1.165, 1.54) is 5.56 Å². The summed E-state index contributed by atoms with van der Waals surface area (Å²) >= 11 is 0. The molecule has 12 aromatic rings. The summed E-state index contributed by atoms with van der Waals surface area (Å²) in [5, 5.41) is 6.19. The molecule has 0 fully saturated rings. The van der Waals surface area contributed by atoms with Crippen molar-refractivity contribution in [2.24, 2.45) is 0 Å². The highest BCUT2D eigenvalue weighted by Gasteiger charge is 2.26. The molecule has 0 aliphatic heterocycles. The van der Waals surface area contributed by atoms with Crippen molar-refractivity contribution < 1.29 is 13.3 Å². The van der Waals surface area contributed by atoms with Crippen LogP contribution >= 0.6 is 0 Å². The Kier molecular flexibility index (Phi) is 7.20. The van der Waals surface area contributed by atoms with Crippen molar-refractivity contribution in [1.82, 2.24) is 0 Å². The molecule has 272 valence electrons. The minimum Gasteiger partial charge on any atom is -0.456 e. The second-order valence-corrected chi connectivity index (χ2v) is 14.8. The molecule has 0 atom stereocenters. The Labute approximate surface area is 333 Å². The van der Waals surface area contributed by atoms with E-state index in [4.69, 9.17) is 13.3 Å². The molecule has 58 heavy (non-hydrogen) atoms. The molecule has 0 unspecified atom stereocenters. The molecule has 0 spiro atoms. The summed E-state index contributed by atoms with van der Waals surface area (Å²) in [5.41, 5.74) is 14.5. The molecular weight excluding hydrogens is 711 g/mol. The first-order chi connectivity index (χ1) is 28.8. The third-order valence-electron chi connectivity index (χ3n) is 11.5. The number of benzene rings is 9. The molecule has 0 aliphatic rings. The maximum Gasteiger partial charge on any atom is 0.159 e. The van der Waals surface area contributed by atoms with Gasteiger partial charge < -0.3 is 18.2 Å². The summed E-state index contributed by atoms with van der Waals surface area (Å²) in [7, 11) is 0. The fraction of sp³-hybridized carbons (Fsp3) is 0. The standard InChI is InChI=1S/C54H33NO3/c1-3-14-34(15-4-1)36-28-30-37(31-29-36)50-52-42-21-8-10-26-47(42)56-49(52)33-43-51-44(23-13-27-48(51)58-54(43)50)55(39-19-11-18-38(32-39)35-16-5-2-6-17-35)45-24-12-22-41-40-20-7-9-25-46(40)57-53(41)45/h1-33H. The lowest BCUT2D eigenvalue weighted by molar-refractivity contribution is 0.664. The zero-order valence-corrected chi connectivity index (χ0v) is 31.2. The van der Waals surface area contributed by atoms with Crippen molar-refractivity contribution in [1.29, 1.82) is 0 Å². The number of para-hydroxylation sites is 3. The Morgan fingerprint density at radius 3 is 1.64 bits per heavy atom. The van der Waals surface area contributed by atoms with Gasteiger partial charge in [0, 0.05) is 38.2 Å². The number of rotatable bonds is 6. The fourth-order valence-electron chi connectivity index (χ4n) is 8.84. The van der Waals surface area contributed by atoms with Gasteiger partial charge in [-0.15, -0.1) is 0 Å². The van der Waals surface area contributed by atoms with Crippen LogP contribution in [0.2, 0.25) is 0 Å². The molecule has 9 aromatic carbocycles. The lowest BCUT2D eigenvalue weighted by Crippen LogP contribution is -2.10. The number of hydrogen-bond acceptors (Lipinski definition) is 4. The first kappa shape index (κ1) is 32.4. The lowest BCUT2D eigenvalue weighted by atomic mass is 9.94. The molecule has 4 heteroatoms. The zero-order chi connectivity index (χ0) is 38.2. The van der Waals surface area contributed by atoms with Gasteiger partial charge in [-0.25, -0.2) is 0 Å². The minimum absolute atomic E-state index is 0.785. The largest absolute Gasteiger partial charge is 0.456 e. The van der Waals surface area contributed by atoms with E-state index < -0.39 is 0 Å². The van der Waals surface area contributed by atoms with E-state index in [0.717, 1.165) is 111 Å². The smallest absolute Gasteiger partial charge is 0.159 e. The van der Waals surface area contributed by atoms with Crippen LogP contribution in [0, 0.1) is 0 Å². The summed E-state index contributed by atoms with van der Waals surface area (Å²) < 4.78 is 20.5. The molecule has 0 N–H and O–H groups in total. The third kappa shape index (κ3) is 5.02. The average Bonchev–Trinajstić information content (AvgIpc) is 3.98. The van der Waals surface area contributed by atoms with E-state index >= 15 is 0 Å².